The molecule has 0 N–H and O–H groups in total. The lowest BCUT2D eigenvalue weighted by Crippen LogP contribution is -2.30. The van der Waals surface area contributed by atoms with E-state index in [9.17, 15) is 14.4 Å². The predicted octanol–water partition coefficient (Wildman–Crippen LogP) is 18.5. The van der Waals surface area contributed by atoms with Crippen LogP contribution in [0.2, 0.25) is 0 Å². The van der Waals surface area contributed by atoms with E-state index in [0.717, 1.165) is 141 Å². The van der Waals surface area contributed by atoms with Crippen LogP contribution >= 0.6 is 0 Å². The molecule has 0 aromatic carbocycles. The van der Waals surface area contributed by atoms with Crippen molar-refractivity contribution in [1.82, 2.24) is 0 Å². The summed E-state index contributed by atoms with van der Waals surface area (Å²) in [4.78, 5) is 38.1. The second kappa shape index (κ2) is 54.9. The third-order valence-electron chi connectivity index (χ3n) is 11.6. The zero-order valence-electron chi connectivity index (χ0n) is 43.6. The van der Waals surface area contributed by atoms with Gasteiger partial charge >= 0.3 is 17.9 Å². The molecule has 0 bridgehead atoms. The first-order chi connectivity index (χ1) is 33.0. The van der Waals surface area contributed by atoms with Crippen molar-refractivity contribution in [3.8, 4) is 0 Å². The molecule has 67 heavy (non-hydrogen) atoms. The molecule has 6 nitrogen and oxygen atoms in total. The van der Waals surface area contributed by atoms with Crippen molar-refractivity contribution < 1.29 is 28.6 Å². The highest BCUT2D eigenvalue weighted by Crippen LogP contribution is 2.14. The third-order valence-corrected chi connectivity index (χ3v) is 11.6. The summed E-state index contributed by atoms with van der Waals surface area (Å²) in [6.07, 6.45) is 72.5. The van der Waals surface area contributed by atoms with Crippen LogP contribution in [0.25, 0.3) is 0 Å². The van der Waals surface area contributed by atoms with Crippen LogP contribution in [0.3, 0.4) is 0 Å². The molecular weight excluding hydrogens is 829 g/mol. The Kier molecular flexibility index (Phi) is 51.9. The Bertz CT molecular complexity index is 1350. The maximum Gasteiger partial charge on any atom is 0.306 e. The van der Waals surface area contributed by atoms with Gasteiger partial charge < -0.3 is 14.2 Å². The highest BCUT2D eigenvalue weighted by atomic mass is 16.6. The highest BCUT2D eigenvalue weighted by Gasteiger charge is 2.19. The van der Waals surface area contributed by atoms with Crippen molar-refractivity contribution >= 4 is 17.9 Å². The molecule has 0 heterocycles. The van der Waals surface area contributed by atoms with Crippen LogP contribution in [0.1, 0.15) is 252 Å². The number of ether oxygens (including phenoxy) is 3. The van der Waals surface area contributed by atoms with E-state index in [4.69, 9.17) is 14.2 Å². The van der Waals surface area contributed by atoms with Crippen LogP contribution in [0.5, 0.6) is 0 Å². The minimum atomic E-state index is -0.798. The molecule has 0 aromatic heterocycles. The van der Waals surface area contributed by atoms with Crippen molar-refractivity contribution in [2.45, 2.75) is 258 Å². The first-order valence-corrected chi connectivity index (χ1v) is 27.7. The molecule has 0 saturated carbocycles. The first kappa shape index (κ1) is 63.3. The SMILES string of the molecule is CC/C=C\C/C=C\C/C=C\C/C=C\CCCCCCCCC(=O)OCC(COC(=O)CCCCCC/C=C\C/C=C\C/C=C\CC)OC(=O)CCCCCCC/C=C\CCCCCCCCC. The molecule has 1 unspecified atom stereocenters. The summed E-state index contributed by atoms with van der Waals surface area (Å²) >= 11 is 0. The van der Waals surface area contributed by atoms with Gasteiger partial charge in [-0.15, -0.1) is 0 Å². The number of carbonyl (C=O) groups excluding carboxylic acids is 3. The van der Waals surface area contributed by atoms with Gasteiger partial charge in [0, 0.05) is 19.3 Å². The van der Waals surface area contributed by atoms with E-state index >= 15 is 0 Å². The number of carbonyl (C=O) groups is 3. The van der Waals surface area contributed by atoms with E-state index in [1.165, 1.54) is 70.6 Å². The van der Waals surface area contributed by atoms with E-state index < -0.39 is 6.10 Å². The predicted molar refractivity (Wildman–Crippen MR) is 288 cm³/mol. The Morgan fingerprint density at radius 3 is 0.925 bits per heavy atom. The molecule has 0 aliphatic carbocycles. The minimum absolute atomic E-state index is 0.0964. The van der Waals surface area contributed by atoms with Crippen molar-refractivity contribution in [3.05, 3.63) is 97.2 Å². The largest absolute Gasteiger partial charge is 0.462 e. The van der Waals surface area contributed by atoms with Gasteiger partial charge in [-0.2, -0.15) is 0 Å². The van der Waals surface area contributed by atoms with Crippen molar-refractivity contribution in [2.24, 2.45) is 0 Å². The van der Waals surface area contributed by atoms with Gasteiger partial charge in [-0.3, -0.25) is 14.4 Å². The topological polar surface area (TPSA) is 78.9 Å². The second-order valence-corrected chi connectivity index (χ2v) is 18.1. The standard InChI is InChI=1S/C61H102O6/c1-4-7-10-13-16-19-22-25-28-30-31-32-34-36-39-42-45-48-51-54-60(63)66-57-58(56-65-59(62)53-50-47-44-41-38-35-27-24-21-18-15-12-9-6-3)67-61(64)55-52-49-46-43-40-37-33-29-26-23-20-17-14-11-8-5-2/h7,9-10,12,16,18-19,21,25,27-29,31-33,35,58H,4-6,8,11,13-15,17,20,22-24,26,30,34,36-57H2,1-3H3/b10-7-,12-9-,19-16-,21-18-,28-25-,32-31-,33-29-,35-27-. The Morgan fingerprint density at radius 1 is 0.313 bits per heavy atom. The van der Waals surface area contributed by atoms with Crippen molar-refractivity contribution in [3.63, 3.8) is 0 Å². The van der Waals surface area contributed by atoms with Gasteiger partial charge in [0.2, 0.25) is 0 Å². The summed E-state index contributed by atoms with van der Waals surface area (Å²) < 4.78 is 16.8. The molecule has 0 fully saturated rings. The van der Waals surface area contributed by atoms with E-state index in [1.807, 2.05) is 0 Å². The van der Waals surface area contributed by atoms with Crippen molar-refractivity contribution in [2.75, 3.05) is 13.2 Å². The van der Waals surface area contributed by atoms with Crippen LogP contribution in [-0.2, 0) is 28.6 Å². The zero-order valence-corrected chi connectivity index (χ0v) is 43.6. The lowest BCUT2D eigenvalue weighted by molar-refractivity contribution is -0.167. The maximum atomic E-state index is 12.8. The zero-order chi connectivity index (χ0) is 48.6. The summed E-state index contributed by atoms with van der Waals surface area (Å²) in [6.45, 7) is 6.37. The summed E-state index contributed by atoms with van der Waals surface area (Å²) in [5, 5.41) is 0. The Balaban J connectivity index is 4.45. The van der Waals surface area contributed by atoms with Gasteiger partial charge in [-0.1, -0.05) is 214 Å². The molecule has 0 aromatic rings. The summed E-state index contributed by atoms with van der Waals surface area (Å²) in [6, 6.07) is 0. The summed E-state index contributed by atoms with van der Waals surface area (Å²) in [7, 11) is 0. The van der Waals surface area contributed by atoms with Crippen molar-refractivity contribution in [1.29, 1.82) is 0 Å². The molecule has 382 valence electrons. The number of rotatable bonds is 49. The maximum absolute atomic E-state index is 12.8. The van der Waals surface area contributed by atoms with Gasteiger partial charge in [0.05, 0.1) is 0 Å². The number of allylic oxidation sites excluding steroid dienone is 16. The second-order valence-electron chi connectivity index (χ2n) is 18.1. The molecule has 0 saturated heterocycles. The molecular formula is C61H102O6. The van der Waals surface area contributed by atoms with Gasteiger partial charge in [0.15, 0.2) is 6.10 Å². The number of esters is 3. The van der Waals surface area contributed by atoms with Gasteiger partial charge in [0.1, 0.15) is 13.2 Å². The fourth-order valence-electron chi connectivity index (χ4n) is 7.44. The number of hydrogen-bond acceptors (Lipinski definition) is 6. The third kappa shape index (κ3) is 53.2. The molecule has 1 atom stereocenters. The minimum Gasteiger partial charge on any atom is -0.462 e. The molecule has 0 aliphatic heterocycles. The molecule has 0 spiro atoms. The fourth-order valence-corrected chi connectivity index (χ4v) is 7.44. The van der Waals surface area contributed by atoms with Crippen LogP contribution in [0.4, 0.5) is 0 Å². The van der Waals surface area contributed by atoms with Crippen LogP contribution in [-0.4, -0.2) is 37.2 Å². The Labute approximate surface area is 413 Å². The summed E-state index contributed by atoms with van der Waals surface area (Å²) in [5.74, 6) is -0.939. The quantitative estimate of drug-likeness (QED) is 0.0262. The molecule has 0 amide bonds. The number of hydrogen-bond donors (Lipinski definition) is 0. The lowest BCUT2D eigenvalue weighted by atomic mass is 10.1. The highest BCUT2D eigenvalue weighted by molar-refractivity contribution is 5.71. The van der Waals surface area contributed by atoms with E-state index in [0.29, 0.717) is 19.3 Å². The molecule has 0 rings (SSSR count). The smallest absolute Gasteiger partial charge is 0.306 e. The molecule has 6 heteroatoms. The van der Waals surface area contributed by atoms with Crippen LogP contribution < -0.4 is 0 Å². The normalized spacial score (nSPS) is 12.8. The first-order valence-electron chi connectivity index (χ1n) is 27.7. The van der Waals surface area contributed by atoms with Gasteiger partial charge in [-0.05, 0) is 116 Å². The summed E-state index contributed by atoms with van der Waals surface area (Å²) in [5.41, 5.74) is 0. The van der Waals surface area contributed by atoms with E-state index in [-0.39, 0.29) is 31.1 Å². The fraction of sp³-hybridized carbons (Fsp3) is 0.689. The Morgan fingerprint density at radius 2 is 0.582 bits per heavy atom. The average Bonchev–Trinajstić information content (AvgIpc) is 3.33. The van der Waals surface area contributed by atoms with Crippen LogP contribution in [0, 0.1) is 0 Å². The average molecular weight is 931 g/mol. The number of unbranched alkanes of at least 4 members (excludes halogenated alkanes) is 22. The van der Waals surface area contributed by atoms with Gasteiger partial charge in [0.25, 0.3) is 0 Å². The van der Waals surface area contributed by atoms with Gasteiger partial charge in [-0.25, -0.2) is 0 Å². The lowest BCUT2D eigenvalue weighted by Gasteiger charge is -2.18. The molecule has 0 aliphatic rings. The van der Waals surface area contributed by atoms with E-state index in [2.05, 4.69) is 118 Å². The van der Waals surface area contributed by atoms with E-state index in [1.54, 1.807) is 0 Å². The van der Waals surface area contributed by atoms with Crippen LogP contribution in [0.15, 0.2) is 97.2 Å². The monoisotopic (exact) mass is 931 g/mol. The molecule has 0 radical (unpaired) electrons. The Hall–Kier alpha value is -3.67.